The van der Waals surface area contributed by atoms with Gasteiger partial charge in [0.2, 0.25) is 10.0 Å². The zero-order valence-electron chi connectivity index (χ0n) is 10.1. The molecular formula is C11H18N2O2S. The summed E-state index contributed by atoms with van der Waals surface area (Å²) in [6.45, 7) is 6.38. The number of nitrogens with zero attached hydrogens (tertiary/aromatic N) is 1. The minimum Gasteiger partial charge on any atom is -0.268 e. The Labute approximate surface area is 97.2 Å². The van der Waals surface area contributed by atoms with Gasteiger partial charge in [0, 0.05) is 6.20 Å². The molecule has 5 heteroatoms. The van der Waals surface area contributed by atoms with E-state index in [-0.39, 0.29) is 5.41 Å². The van der Waals surface area contributed by atoms with E-state index in [0.29, 0.717) is 5.82 Å². The van der Waals surface area contributed by atoms with Crippen LogP contribution in [0.5, 0.6) is 0 Å². The van der Waals surface area contributed by atoms with Crippen molar-refractivity contribution in [1.29, 1.82) is 0 Å². The van der Waals surface area contributed by atoms with E-state index in [1.54, 1.807) is 12.3 Å². The number of hydrogen-bond acceptors (Lipinski definition) is 3. The van der Waals surface area contributed by atoms with E-state index in [1.807, 2.05) is 6.07 Å². The number of sulfonamides is 1. The zero-order valence-corrected chi connectivity index (χ0v) is 10.9. The maximum absolute atomic E-state index is 11.0. The summed E-state index contributed by atoms with van der Waals surface area (Å²) in [5, 5.41) is 0. The van der Waals surface area contributed by atoms with Crippen LogP contribution in [0.1, 0.15) is 32.8 Å². The van der Waals surface area contributed by atoms with Gasteiger partial charge in [-0.1, -0.05) is 26.8 Å². The molecule has 1 heterocycles. The lowest BCUT2D eigenvalue weighted by molar-refractivity contribution is 0.504. The largest absolute Gasteiger partial charge is 0.268 e. The standard InChI is InChI=1S/C11H18N2O2S/c1-5-11(2,3)9-6-7-10(12-8-9)13-16(4,14)15/h6-8H,5H2,1-4H3,(H,12,13). The molecule has 4 nitrogen and oxygen atoms in total. The second-order valence-electron chi connectivity index (χ2n) is 4.54. The van der Waals surface area contributed by atoms with Crippen LogP contribution in [0, 0.1) is 0 Å². The van der Waals surface area contributed by atoms with E-state index < -0.39 is 10.0 Å². The van der Waals surface area contributed by atoms with Crippen molar-refractivity contribution in [3.05, 3.63) is 23.9 Å². The monoisotopic (exact) mass is 242 g/mol. The molecule has 1 rings (SSSR count). The normalized spacial score (nSPS) is 12.5. The van der Waals surface area contributed by atoms with E-state index in [2.05, 4.69) is 30.5 Å². The van der Waals surface area contributed by atoms with Crippen LogP contribution in [0.3, 0.4) is 0 Å². The Bertz CT molecular complexity index is 449. The van der Waals surface area contributed by atoms with Crippen molar-refractivity contribution < 1.29 is 8.42 Å². The van der Waals surface area contributed by atoms with Crippen LogP contribution in [0.4, 0.5) is 5.82 Å². The van der Waals surface area contributed by atoms with Gasteiger partial charge in [0.15, 0.2) is 0 Å². The van der Waals surface area contributed by atoms with E-state index >= 15 is 0 Å². The Hall–Kier alpha value is -1.10. The van der Waals surface area contributed by atoms with Crippen molar-refractivity contribution in [3.63, 3.8) is 0 Å². The lowest BCUT2D eigenvalue weighted by atomic mass is 9.83. The highest BCUT2D eigenvalue weighted by atomic mass is 32.2. The van der Waals surface area contributed by atoms with E-state index in [4.69, 9.17) is 0 Å². The SMILES string of the molecule is CCC(C)(C)c1ccc(NS(C)(=O)=O)nc1. The molecule has 0 aliphatic heterocycles. The number of hydrogen-bond donors (Lipinski definition) is 1. The van der Waals surface area contributed by atoms with Gasteiger partial charge in [-0.15, -0.1) is 0 Å². The quantitative estimate of drug-likeness (QED) is 0.880. The van der Waals surface area contributed by atoms with Crippen LogP contribution in [-0.2, 0) is 15.4 Å². The molecule has 0 unspecified atom stereocenters. The van der Waals surface area contributed by atoms with Crippen molar-refractivity contribution in [1.82, 2.24) is 4.98 Å². The predicted molar refractivity (Wildman–Crippen MR) is 66.0 cm³/mol. The van der Waals surface area contributed by atoms with Crippen molar-refractivity contribution in [2.45, 2.75) is 32.6 Å². The van der Waals surface area contributed by atoms with Gasteiger partial charge in [-0.25, -0.2) is 13.4 Å². The smallest absolute Gasteiger partial charge is 0.230 e. The molecule has 0 saturated carbocycles. The summed E-state index contributed by atoms with van der Waals surface area (Å²) in [5.41, 5.74) is 1.17. The third-order valence-electron chi connectivity index (χ3n) is 2.72. The first-order valence-electron chi connectivity index (χ1n) is 5.19. The fraction of sp³-hybridized carbons (Fsp3) is 0.545. The van der Waals surface area contributed by atoms with Gasteiger partial charge in [-0.3, -0.25) is 4.72 Å². The first-order chi connectivity index (χ1) is 7.24. The zero-order chi connectivity index (χ0) is 12.4. The average molecular weight is 242 g/mol. The third kappa shape index (κ3) is 3.48. The van der Waals surface area contributed by atoms with Crippen LogP contribution >= 0.6 is 0 Å². The maximum Gasteiger partial charge on any atom is 0.230 e. The summed E-state index contributed by atoms with van der Waals surface area (Å²) in [4.78, 5) is 4.09. The van der Waals surface area contributed by atoms with E-state index in [9.17, 15) is 8.42 Å². The Kier molecular flexibility index (Phi) is 3.57. The molecule has 90 valence electrons. The molecule has 1 aromatic rings. The predicted octanol–water partition coefficient (Wildman–Crippen LogP) is 2.14. The molecule has 0 aromatic carbocycles. The molecule has 0 fully saturated rings. The van der Waals surface area contributed by atoms with Gasteiger partial charge in [0.05, 0.1) is 6.26 Å². The summed E-state index contributed by atoms with van der Waals surface area (Å²) in [6.07, 6.45) is 3.84. The lowest BCUT2D eigenvalue weighted by Crippen LogP contribution is -2.16. The molecule has 1 aromatic heterocycles. The lowest BCUT2D eigenvalue weighted by Gasteiger charge is -2.22. The topological polar surface area (TPSA) is 59.1 Å². The van der Waals surface area contributed by atoms with Crippen LogP contribution < -0.4 is 4.72 Å². The maximum atomic E-state index is 11.0. The van der Waals surface area contributed by atoms with Crippen LogP contribution in [0.2, 0.25) is 0 Å². The second kappa shape index (κ2) is 4.41. The Morgan fingerprint density at radius 1 is 1.38 bits per heavy atom. The Balaban J connectivity index is 2.92. The molecule has 0 bridgehead atoms. The number of anilines is 1. The summed E-state index contributed by atoms with van der Waals surface area (Å²) < 4.78 is 24.3. The fourth-order valence-corrected chi connectivity index (χ4v) is 1.75. The summed E-state index contributed by atoms with van der Waals surface area (Å²) in [5.74, 6) is 0.359. The molecule has 0 aliphatic carbocycles. The molecular weight excluding hydrogens is 224 g/mol. The van der Waals surface area contributed by atoms with E-state index in [0.717, 1.165) is 18.2 Å². The first kappa shape index (κ1) is 13.0. The molecule has 0 amide bonds. The van der Waals surface area contributed by atoms with Gasteiger partial charge < -0.3 is 0 Å². The Morgan fingerprint density at radius 3 is 2.38 bits per heavy atom. The molecule has 0 saturated heterocycles. The molecule has 0 radical (unpaired) electrons. The summed E-state index contributed by atoms with van der Waals surface area (Å²) >= 11 is 0. The van der Waals surface area contributed by atoms with Gasteiger partial charge in [0.1, 0.15) is 5.82 Å². The third-order valence-corrected chi connectivity index (χ3v) is 3.30. The van der Waals surface area contributed by atoms with Crippen molar-refractivity contribution in [3.8, 4) is 0 Å². The number of rotatable bonds is 4. The van der Waals surface area contributed by atoms with E-state index in [1.165, 1.54) is 0 Å². The fourth-order valence-electron chi connectivity index (χ4n) is 1.25. The molecule has 1 N–H and O–H groups in total. The van der Waals surface area contributed by atoms with Crippen molar-refractivity contribution >= 4 is 15.8 Å². The van der Waals surface area contributed by atoms with Crippen molar-refractivity contribution in [2.24, 2.45) is 0 Å². The molecule has 0 aliphatic rings. The van der Waals surface area contributed by atoms with Gasteiger partial charge in [0.25, 0.3) is 0 Å². The molecule has 0 atom stereocenters. The molecule has 16 heavy (non-hydrogen) atoms. The van der Waals surface area contributed by atoms with Crippen LogP contribution in [0.25, 0.3) is 0 Å². The van der Waals surface area contributed by atoms with Crippen molar-refractivity contribution in [2.75, 3.05) is 11.0 Å². The van der Waals surface area contributed by atoms with Gasteiger partial charge in [-0.2, -0.15) is 0 Å². The van der Waals surface area contributed by atoms with Crippen LogP contribution in [0.15, 0.2) is 18.3 Å². The number of pyridine rings is 1. The number of nitrogens with one attached hydrogen (secondary N) is 1. The van der Waals surface area contributed by atoms with Gasteiger partial charge >= 0.3 is 0 Å². The Morgan fingerprint density at radius 2 is 2.00 bits per heavy atom. The van der Waals surface area contributed by atoms with Gasteiger partial charge in [-0.05, 0) is 23.5 Å². The summed E-state index contributed by atoms with van der Waals surface area (Å²) in [6, 6.07) is 3.60. The molecule has 0 spiro atoms. The second-order valence-corrected chi connectivity index (χ2v) is 6.29. The highest BCUT2D eigenvalue weighted by Gasteiger charge is 2.18. The highest BCUT2D eigenvalue weighted by Crippen LogP contribution is 2.26. The average Bonchev–Trinajstić information content (AvgIpc) is 2.16. The van der Waals surface area contributed by atoms with Crippen LogP contribution in [-0.4, -0.2) is 19.7 Å². The highest BCUT2D eigenvalue weighted by molar-refractivity contribution is 7.92. The minimum absolute atomic E-state index is 0.0661. The number of aromatic nitrogens is 1. The summed E-state index contributed by atoms with van der Waals surface area (Å²) in [7, 11) is -3.24. The first-order valence-corrected chi connectivity index (χ1v) is 7.08. The minimum atomic E-state index is -3.24.